The molecule has 0 aromatic heterocycles. The molecule has 0 N–H and O–H groups in total. The van der Waals surface area contributed by atoms with Gasteiger partial charge in [-0.1, -0.05) is 60.7 Å². The number of carbonyl (C=O) groups excluding carboxylic acids is 3. The highest BCUT2D eigenvalue weighted by molar-refractivity contribution is 5.87. The monoisotopic (exact) mass is 484 g/mol. The van der Waals surface area contributed by atoms with Crippen molar-refractivity contribution in [2.45, 2.75) is 58.6 Å². The molecule has 9 nitrogen and oxygen atoms in total. The van der Waals surface area contributed by atoms with Crippen LogP contribution in [0.25, 0.3) is 0 Å². The smallest absolute Gasteiger partial charge is 0.432 e. The minimum Gasteiger partial charge on any atom is -0.456 e. The predicted octanol–water partition coefficient (Wildman–Crippen LogP) is 4.83. The van der Waals surface area contributed by atoms with Crippen molar-refractivity contribution >= 4 is 18.2 Å². The number of hydrogen-bond acceptors (Lipinski definition) is 7. The fourth-order valence-corrected chi connectivity index (χ4v) is 3.73. The van der Waals surface area contributed by atoms with Crippen LogP contribution in [-0.4, -0.2) is 52.7 Å². The molecule has 1 saturated heterocycles. The van der Waals surface area contributed by atoms with Gasteiger partial charge in [0.2, 0.25) is 0 Å². The van der Waals surface area contributed by atoms with E-state index in [1.165, 1.54) is 0 Å². The van der Waals surface area contributed by atoms with Crippen LogP contribution in [0.15, 0.2) is 60.7 Å². The maximum absolute atomic E-state index is 13.8. The third kappa shape index (κ3) is 5.74. The minimum absolute atomic E-state index is 0.0116. The summed E-state index contributed by atoms with van der Waals surface area (Å²) < 4.78 is 22.7. The zero-order valence-corrected chi connectivity index (χ0v) is 20.7. The van der Waals surface area contributed by atoms with E-state index in [2.05, 4.69) is 0 Å². The molecule has 1 fully saturated rings. The summed E-state index contributed by atoms with van der Waals surface area (Å²) in [7, 11) is 0. The van der Waals surface area contributed by atoms with Crippen LogP contribution in [0.1, 0.15) is 52.0 Å². The van der Waals surface area contributed by atoms with Gasteiger partial charge in [0.1, 0.15) is 5.60 Å². The standard InChI is InChI=1S/C26H32N2O7/c1-6-32-23(30)27-21(20-16-12-9-13-17-20)34-26(22(29)35-25(3,4)5,28(27)24(31)33-7-2)18-19-14-10-8-11-15-19/h8-17,21H,6-7,18H2,1-5H3/t21-,26+/m1/s1. The Morgan fingerprint density at radius 3 is 1.97 bits per heavy atom. The topological polar surface area (TPSA) is 94.6 Å². The van der Waals surface area contributed by atoms with Gasteiger partial charge in [-0.05, 0) is 40.2 Å². The largest absolute Gasteiger partial charge is 0.456 e. The Kier molecular flexibility index (Phi) is 8.01. The molecule has 188 valence electrons. The first-order chi connectivity index (χ1) is 16.6. The van der Waals surface area contributed by atoms with Gasteiger partial charge in [0, 0.05) is 12.0 Å². The van der Waals surface area contributed by atoms with Gasteiger partial charge in [0.05, 0.1) is 13.2 Å². The lowest BCUT2D eigenvalue weighted by Crippen LogP contribution is -2.61. The minimum atomic E-state index is -2.05. The number of esters is 1. The van der Waals surface area contributed by atoms with E-state index in [-0.39, 0.29) is 19.6 Å². The van der Waals surface area contributed by atoms with E-state index < -0.39 is 35.7 Å². The van der Waals surface area contributed by atoms with Gasteiger partial charge in [0.25, 0.3) is 5.72 Å². The summed E-state index contributed by atoms with van der Waals surface area (Å²) in [4.78, 5) is 40.4. The maximum atomic E-state index is 13.8. The second-order valence-corrected chi connectivity index (χ2v) is 8.88. The van der Waals surface area contributed by atoms with Crippen LogP contribution >= 0.6 is 0 Å². The maximum Gasteiger partial charge on any atom is 0.432 e. The zero-order chi connectivity index (χ0) is 25.6. The van der Waals surface area contributed by atoms with E-state index in [1.807, 2.05) is 6.07 Å². The molecule has 1 heterocycles. The molecule has 0 spiro atoms. The van der Waals surface area contributed by atoms with Crippen LogP contribution in [0.5, 0.6) is 0 Å². The molecule has 0 bridgehead atoms. The molecule has 2 amide bonds. The van der Waals surface area contributed by atoms with Gasteiger partial charge < -0.3 is 18.9 Å². The molecule has 3 rings (SSSR count). The van der Waals surface area contributed by atoms with Gasteiger partial charge in [-0.2, -0.15) is 10.0 Å². The molecule has 1 aliphatic rings. The van der Waals surface area contributed by atoms with E-state index in [0.29, 0.717) is 11.1 Å². The van der Waals surface area contributed by atoms with Gasteiger partial charge in [-0.25, -0.2) is 14.4 Å². The lowest BCUT2D eigenvalue weighted by Gasteiger charge is -2.37. The van der Waals surface area contributed by atoms with Crippen molar-refractivity contribution in [1.82, 2.24) is 10.0 Å². The highest BCUT2D eigenvalue weighted by atomic mass is 16.7. The second-order valence-electron chi connectivity index (χ2n) is 8.88. The summed E-state index contributed by atoms with van der Waals surface area (Å²) in [6, 6.07) is 17.8. The Morgan fingerprint density at radius 1 is 0.886 bits per heavy atom. The SMILES string of the molecule is CCOC(=O)N1[C@@H](c2ccccc2)O[C@@](Cc2ccccc2)(C(=O)OC(C)(C)C)N1C(=O)OCC. The Bertz CT molecular complexity index is 1020. The van der Waals surface area contributed by atoms with Crippen molar-refractivity contribution in [1.29, 1.82) is 0 Å². The number of hydrogen-bond donors (Lipinski definition) is 0. The van der Waals surface area contributed by atoms with Crippen molar-refractivity contribution in [3.63, 3.8) is 0 Å². The molecule has 0 aliphatic carbocycles. The Hall–Kier alpha value is -3.59. The number of amides is 2. The summed E-state index contributed by atoms with van der Waals surface area (Å²) in [5.74, 6) is -0.838. The van der Waals surface area contributed by atoms with Gasteiger partial charge in [0.15, 0.2) is 6.23 Å². The van der Waals surface area contributed by atoms with Crippen LogP contribution in [0.2, 0.25) is 0 Å². The molecule has 35 heavy (non-hydrogen) atoms. The molecule has 9 heteroatoms. The number of ether oxygens (including phenoxy) is 4. The number of rotatable bonds is 6. The van der Waals surface area contributed by atoms with E-state index in [9.17, 15) is 14.4 Å². The second kappa shape index (κ2) is 10.8. The van der Waals surface area contributed by atoms with Crippen LogP contribution < -0.4 is 0 Å². The van der Waals surface area contributed by atoms with Crippen molar-refractivity contribution in [3.8, 4) is 0 Å². The van der Waals surface area contributed by atoms with E-state index in [0.717, 1.165) is 10.0 Å². The third-order valence-corrected chi connectivity index (χ3v) is 5.07. The van der Waals surface area contributed by atoms with Gasteiger partial charge in [-0.3, -0.25) is 0 Å². The molecule has 2 aromatic carbocycles. The van der Waals surface area contributed by atoms with Crippen LogP contribution in [-0.2, 0) is 30.2 Å². The van der Waals surface area contributed by atoms with Gasteiger partial charge >= 0.3 is 18.2 Å². The number of benzene rings is 2. The summed E-state index contributed by atoms with van der Waals surface area (Å²) >= 11 is 0. The molecule has 0 radical (unpaired) electrons. The van der Waals surface area contributed by atoms with Crippen LogP contribution in [0, 0.1) is 0 Å². The number of nitrogens with zero attached hydrogens (tertiary/aromatic N) is 2. The highest BCUT2D eigenvalue weighted by Crippen LogP contribution is 2.44. The van der Waals surface area contributed by atoms with Crippen molar-refractivity contribution in [2.75, 3.05) is 13.2 Å². The molecule has 2 aromatic rings. The lowest BCUT2D eigenvalue weighted by atomic mass is 10.0. The molecular weight excluding hydrogens is 452 g/mol. The summed E-state index contributed by atoms with van der Waals surface area (Å²) in [5, 5.41) is 1.89. The van der Waals surface area contributed by atoms with E-state index >= 15 is 0 Å². The lowest BCUT2D eigenvalue weighted by molar-refractivity contribution is -0.197. The van der Waals surface area contributed by atoms with Crippen LogP contribution in [0.3, 0.4) is 0 Å². The fourth-order valence-electron chi connectivity index (χ4n) is 3.73. The predicted molar refractivity (Wildman–Crippen MR) is 127 cm³/mol. The fraction of sp³-hybridized carbons (Fsp3) is 0.423. The number of carbonyl (C=O) groups is 3. The average Bonchev–Trinajstić information content (AvgIpc) is 3.16. The third-order valence-electron chi connectivity index (χ3n) is 5.07. The summed E-state index contributed by atoms with van der Waals surface area (Å²) in [6.07, 6.45) is -3.06. The van der Waals surface area contributed by atoms with Crippen molar-refractivity contribution in [3.05, 3.63) is 71.8 Å². The van der Waals surface area contributed by atoms with Crippen molar-refractivity contribution in [2.24, 2.45) is 0 Å². The number of hydrazine groups is 1. The van der Waals surface area contributed by atoms with Crippen molar-refractivity contribution < 1.29 is 33.3 Å². The molecule has 0 unspecified atom stereocenters. The zero-order valence-electron chi connectivity index (χ0n) is 20.7. The van der Waals surface area contributed by atoms with E-state index in [4.69, 9.17) is 18.9 Å². The average molecular weight is 485 g/mol. The first kappa shape index (κ1) is 26.0. The Morgan fingerprint density at radius 2 is 1.43 bits per heavy atom. The van der Waals surface area contributed by atoms with E-state index in [1.54, 1.807) is 89.2 Å². The normalized spacial score (nSPS) is 19.9. The first-order valence-electron chi connectivity index (χ1n) is 11.6. The quantitative estimate of drug-likeness (QED) is 0.428. The molecule has 1 aliphatic heterocycles. The molecule has 0 saturated carbocycles. The van der Waals surface area contributed by atoms with Gasteiger partial charge in [-0.15, -0.1) is 0 Å². The molecule has 2 atom stereocenters. The molecular formula is C26H32N2O7. The Labute approximate surface area is 205 Å². The van der Waals surface area contributed by atoms with Crippen LogP contribution in [0.4, 0.5) is 9.59 Å². The first-order valence-corrected chi connectivity index (χ1v) is 11.6. The Balaban J connectivity index is 2.24. The summed E-state index contributed by atoms with van der Waals surface area (Å²) in [6.45, 7) is 8.47. The highest BCUT2D eigenvalue weighted by Gasteiger charge is 2.64. The summed E-state index contributed by atoms with van der Waals surface area (Å²) in [5.41, 5.74) is -1.73.